The first-order chi connectivity index (χ1) is 9.79. The van der Waals surface area contributed by atoms with E-state index >= 15 is 0 Å². The van der Waals surface area contributed by atoms with E-state index in [1.54, 1.807) is 0 Å². The zero-order valence-electron chi connectivity index (χ0n) is 11.6. The van der Waals surface area contributed by atoms with Crippen LogP contribution in [0.5, 0.6) is 5.75 Å². The van der Waals surface area contributed by atoms with Crippen molar-refractivity contribution in [2.75, 3.05) is 13.2 Å². The molecule has 0 aliphatic carbocycles. The van der Waals surface area contributed by atoms with Gasteiger partial charge in [0.1, 0.15) is 12.4 Å². The molecule has 0 bridgehead atoms. The van der Waals surface area contributed by atoms with Crippen LogP contribution in [-0.2, 0) is 13.2 Å². The Morgan fingerprint density at radius 3 is 2.48 bits per heavy atom. The number of hydrogen-bond acceptors (Lipinski definition) is 3. The molecule has 0 aliphatic heterocycles. The van der Waals surface area contributed by atoms with E-state index in [1.807, 2.05) is 48.5 Å². The van der Waals surface area contributed by atoms with Crippen molar-refractivity contribution in [2.45, 2.75) is 13.2 Å². The van der Waals surface area contributed by atoms with E-state index in [4.69, 9.17) is 21.4 Å². The minimum Gasteiger partial charge on any atom is -1.00 e. The van der Waals surface area contributed by atoms with Gasteiger partial charge in [-0.05, 0) is 23.3 Å². The van der Waals surface area contributed by atoms with Gasteiger partial charge < -0.3 is 27.6 Å². The second-order valence-corrected chi connectivity index (χ2v) is 4.85. The third-order valence-corrected chi connectivity index (χ3v) is 3.15. The molecule has 114 valence electrons. The molecule has 2 aromatic carbocycles. The van der Waals surface area contributed by atoms with Gasteiger partial charge in [0.05, 0.1) is 11.6 Å². The fourth-order valence-corrected chi connectivity index (χ4v) is 2.08. The van der Waals surface area contributed by atoms with E-state index in [1.165, 1.54) is 0 Å². The number of benzene rings is 2. The Hall–Kier alpha value is -1.26. The quantitative estimate of drug-likeness (QED) is 0.704. The lowest BCUT2D eigenvalue weighted by Gasteiger charge is -2.10. The van der Waals surface area contributed by atoms with Crippen molar-refractivity contribution in [3.63, 3.8) is 0 Å². The van der Waals surface area contributed by atoms with Crippen molar-refractivity contribution in [2.24, 2.45) is 0 Å². The summed E-state index contributed by atoms with van der Waals surface area (Å²) in [6, 6.07) is 15.7. The fraction of sp³-hybridized carbons (Fsp3) is 0.250. The monoisotopic (exact) mass is 326 g/mol. The number of nitrogens with one attached hydrogen (secondary N) is 1. The molecule has 2 rings (SSSR count). The first-order valence-electron chi connectivity index (χ1n) is 6.56. The van der Waals surface area contributed by atoms with Crippen LogP contribution in [0.25, 0.3) is 0 Å². The predicted octanol–water partition coefficient (Wildman–Crippen LogP) is 0.00490. The second kappa shape index (κ2) is 9.64. The van der Waals surface area contributed by atoms with E-state index in [-0.39, 0.29) is 19.0 Å². The van der Waals surface area contributed by atoms with Crippen LogP contribution in [0.1, 0.15) is 11.1 Å². The average molecular weight is 327 g/mol. The van der Waals surface area contributed by atoms with Crippen molar-refractivity contribution < 1.29 is 22.3 Å². The zero-order chi connectivity index (χ0) is 14.2. The molecule has 5 heteroatoms. The van der Waals surface area contributed by atoms with Gasteiger partial charge in [0.2, 0.25) is 0 Å². The van der Waals surface area contributed by atoms with Crippen LogP contribution >= 0.6 is 11.6 Å². The normalized spacial score (nSPS) is 10.0. The number of hydrogen-bond donors (Lipinski definition) is 2. The van der Waals surface area contributed by atoms with Gasteiger partial charge in [-0.15, -0.1) is 0 Å². The van der Waals surface area contributed by atoms with Gasteiger partial charge in [0.25, 0.3) is 0 Å². The van der Waals surface area contributed by atoms with Crippen molar-refractivity contribution in [3.8, 4) is 5.75 Å². The lowest BCUT2D eigenvalue weighted by atomic mass is 10.2. The third-order valence-electron chi connectivity index (χ3n) is 2.85. The van der Waals surface area contributed by atoms with Crippen molar-refractivity contribution in [1.82, 2.24) is 5.32 Å². The summed E-state index contributed by atoms with van der Waals surface area (Å²) in [4.78, 5) is 0. The number of rotatable bonds is 7. The van der Waals surface area contributed by atoms with Crippen LogP contribution in [0.15, 0.2) is 48.5 Å². The first-order valence-corrected chi connectivity index (χ1v) is 6.94. The Kier molecular flexibility index (Phi) is 8.16. The van der Waals surface area contributed by atoms with Crippen molar-refractivity contribution in [1.29, 1.82) is 0 Å². The highest BCUT2D eigenvalue weighted by atomic mass is 35.5. The van der Waals surface area contributed by atoms with Crippen molar-refractivity contribution in [3.05, 3.63) is 64.7 Å². The smallest absolute Gasteiger partial charge is 0.138 e. The van der Waals surface area contributed by atoms with Gasteiger partial charge in [-0.1, -0.05) is 48.0 Å². The van der Waals surface area contributed by atoms with E-state index in [2.05, 4.69) is 5.32 Å². The van der Waals surface area contributed by atoms with Gasteiger partial charge in [0, 0.05) is 13.1 Å². The SMILES string of the molecule is OCCNCc1ccc(OCc2ccccc2)c(Cl)c1.[Cl-]. The Morgan fingerprint density at radius 2 is 1.81 bits per heavy atom. The number of ether oxygens (including phenoxy) is 1. The standard InChI is InChI=1S/C16H18ClNO2.ClH/c17-15-10-14(11-18-8-9-19)6-7-16(15)20-12-13-4-2-1-3-5-13;/h1-7,10,18-19H,8-9,11-12H2;1H/p-1. The predicted molar refractivity (Wildman–Crippen MR) is 81.0 cm³/mol. The summed E-state index contributed by atoms with van der Waals surface area (Å²) in [5.74, 6) is 0.682. The van der Waals surface area contributed by atoms with Gasteiger partial charge in [-0.3, -0.25) is 0 Å². The molecule has 0 radical (unpaired) electrons. The molecule has 0 unspecified atom stereocenters. The Bertz CT molecular complexity index is 535. The van der Waals surface area contributed by atoms with Crippen LogP contribution < -0.4 is 22.5 Å². The molecule has 21 heavy (non-hydrogen) atoms. The van der Waals surface area contributed by atoms with Gasteiger partial charge >= 0.3 is 0 Å². The van der Waals surface area contributed by atoms with Gasteiger partial charge in [0.15, 0.2) is 0 Å². The average Bonchev–Trinajstić information content (AvgIpc) is 2.48. The molecule has 0 amide bonds. The largest absolute Gasteiger partial charge is 1.00 e. The summed E-state index contributed by atoms with van der Waals surface area (Å²) in [7, 11) is 0. The Balaban J connectivity index is 0.00000220. The molecule has 0 atom stereocenters. The minimum atomic E-state index is 0. The molecule has 0 aliphatic rings. The van der Waals surface area contributed by atoms with Crippen LogP contribution in [0.4, 0.5) is 0 Å². The molecule has 2 N–H and O–H groups in total. The van der Waals surface area contributed by atoms with Crippen LogP contribution in [-0.4, -0.2) is 18.3 Å². The molecular weight excluding hydrogens is 309 g/mol. The highest BCUT2D eigenvalue weighted by molar-refractivity contribution is 6.32. The topological polar surface area (TPSA) is 41.5 Å². The zero-order valence-corrected chi connectivity index (χ0v) is 13.1. The number of aliphatic hydroxyl groups excluding tert-OH is 1. The minimum absolute atomic E-state index is 0. The molecule has 0 saturated heterocycles. The second-order valence-electron chi connectivity index (χ2n) is 4.44. The van der Waals surface area contributed by atoms with Gasteiger partial charge in [-0.25, -0.2) is 0 Å². The summed E-state index contributed by atoms with van der Waals surface area (Å²) in [6.07, 6.45) is 0. The summed E-state index contributed by atoms with van der Waals surface area (Å²) in [5.41, 5.74) is 2.17. The third kappa shape index (κ3) is 5.94. The van der Waals surface area contributed by atoms with E-state index < -0.39 is 0 Å². The number of aliphatic hydroxyl groups is 1. The molecule has 0 saturated carbocycles. The maximum Gasteiger partial charge on any atom is 0.138 e. The molecule has 2 aromatic rings. The first kappa shape index (κ1) is 17.8. The summed E-state index contributed by atoms with van der Waals surface area (Å²) in [6.45, 7) is 1.89. The van der Waals surface area contributed by atoms with Crippen LogP contribution in [0.3, 0.4) is 0 Å². The van der Waals surface area contributed by atoms with E-state index in [9.17, 15) is 0 Å². The molecule has 0 aromatic heterocycles. The molecule has 0 heterocycles. The van der Waals surface area contributed by atoms with Crippen LogP contribution in [0.2, 0.25) is 5.02 Å². The maximum absolute atomic E-state index is 8.71. The van der Waals surface area contributed by atoms with E-state index in [0.717, 1.165) is 11.1 Å². The van der Waals surface area contributed by atoms with Gasteiger partial charge in [-0.2, -0.15) is 0 Å². The maximum atomic E-state index is 8.71. The Morgan fingerprint density at radius 1 is 1.05 bits per heavy atom. The summed E-state index contributed by atoms with van der Waals surface area (Å²) in [5, 5.41) is 12.4. The van der Waals surface area contributed by atoms with Crippen LogP contribution in [0, 0.1) is 0 Å². The van der Waals surface area contributed by atoms with Crippen molar-refractivity contribution >= 4 is 11.6 Å². The highest BCUT2D eigenvalue weighted by Crippen LogP contribution is 2.26. The lowest BCUT2D eigenvalue weighted by Crippen LogP contribution is -3.00. The Labute approximate surface area is 136 Å². The number of halogens is 2. The molecular formula is C16H18Cl2NO2-. The summed E-state index contributed by atoms with van der Waals surface area (Å²) < 4.78 is 5.71. The fourth-order valence-electron chi connectivity index (χ4n) is 1.82. The molecule has 0 fully saturated rings. The lowest BCUT2D eigenvalue weighted by molar-refractivity contribution is -0.00000538. The van der Waals surface area contributed by atoms with E-state index in [0.29, 0.717) is 30.5 Å². The highest BCUT2D eigenvalue weighted by Gasteiger charge is 2.03. The molecule has 0 spiro atoms. The summed E-state index contributed by atoms with van der Waals surface area (Å²) >= 11 is 6.21. The molecule has 3 nitrogen and oxygen atoms in total.